The first kappa shape index (κ1) is 15.5. The molecule has 2 unspecified atom stereocenters. The zero-order valence-corrected chi connectivity index (χ0v) is 13.0. The standard InChI is InChI=1S/C18H20N2O3/c1-12-3-2-4-16(9-12)23-15-7-5-13(6-8-15)20-18(22)17-10-14(21)11-19-17/h2-9,14,17,19,21H,10-11H2,1H3,(H,20,22). The Kier molecular flexibility index (Phi) is 4.60. The predicted octanol–water partition coefficient (Wildman–Crippen LogP) is 2.45. The third-order valence-corrected chi connectivity index (χ3v) is 3.77. The van der Waals surface area contributed by atoms with E-state index in [0.717, 1.165) is 11.3 Å². The highest BCUT2D eigenvalue weighted by Gasteiger charge is 2.27. The number of β-amino-alcohol motifs (C(OH)–C–C–N with tert-alkyl or cyclic N) is 1. The smallest absolute Gasteiger partial charge is 0.241 e. The number of benzene rings is 2. The summed E-state index contributed by atoms with van der Waals surface area (Å²) in [7, 11) is 0. The topological polar surface area (TPSA) is 70.6 Å². The summed E-state index contributed by atoms with van der Waals surface area (Å²) in [6, 6.07) is 14.7. The lowest BCUT2D eigenvalue weighted by molar-refractivity contribution is -0.117. The summed E-state index contributed by atoms with van der Waals surface area (Å²) in [5.41, 5.74) is 1.84. The Bertz CT molecular complexity index is 685. The monoisotopic (exact) mass is 312 g/mol. The minimum absolute atomic E-state index is 0.131. The van der Waals surface area contributed by atoms with Crippen molar-refractivity contribution in [2.75, 3.05) is 11.9 Å². The second-order valence-electron chi connectivity index (χ2n) is 5.78. The molecule has 1 fully saturated rings. The van der Waals surface area contributed by atoms with Crippen LogP contribution in [0.4, 0.5) is 5.69 Å². The number of aliphatic hydroxyl groups is 1. The molecule has 2 aromatic rings. The normalized spacial score (nSPS) is 20.3. The molecule has 5 nitrogen and oxygen atoms in total. The van der Waals surface area contributed by atoms with Crippen molar-refractivity contribution in [1.29, 1.82) is 0 Å². The molecule has 2 aromatic carbocycles. The molecule has 0 saturated carbocycles. The van der Waals surface area contributed by atoms with Crippen LogP contribution in [0.25, 0.3) is 0 Å². The fourth-order valence-electron chi connectivity index (χ4n) is 2.57. The number of aryl methyl sites for hydroxylation is 1. The molecular weight excluding hydrogens is 292 g/mol. The van der Waals surface area contributed by atoms with Crippen molar-refractivity contribution in [1.82, 2.24) is 5.32 Å². The van der Waals surface area contributed by atoms with Gasteiger partial charge in [-0.1, -0.05) is 12.1 Å². The van der Waals surface area contributed by atoms with Crippen LogP contribution in [0.2, 0.25) is 0 Å². The highest BCUT2D eigenvalue weighted by Crippen LogP contribution is 2.24. The summed E-state index contributed by atoms with van der Waals surface area (Å²) in [6.07, 6.45) is -0.00345. The summed E-state index contributed by atoms with van der Waals surface area (Å²) in [5.74, 6) is 1.36. The number of carbonyl (C=O) groups is 1. The van der Waals surface area contributed by atoms with Crippen LogP contribution >= 0.6 is 0 Å². The van der Waals surface area contributed by atoms with Gasteiger partial charge in [0.25, 0.3) is 0 Å². The minimum Gasteiger partial charge on any atom is -0.457 e. The van der Waals surface area contributed by atoms with Gasteiger partial charge in [-0.25, -0.2) is 0 Å². The van der Waals surface area contributed by atoms with E-state index in [2.05, 4.69) is 10.6 Å². The van der Waals surface area contributed by atoms with Crippen molar-refractivity contribution in [2.24, 2.45) is 0 Å². The van der Waals surface area contributed by atoms with Gasteiger partial charge in [0.15, 0.2) is 0 Å². The van der Waals surface area contributed by atoms with Gasteiger partial charge in [-0.15, -0.1) is 0 Å². The predicted molar refractivity (Wildman–Crippen MR) is 88.7 cm³/mol. The van der Waals surface area contributed by atoms with Crippen molar-refractivity contribution in [3.05, 3.63) is 54.1 Å². The molecule has 0 radical (unpaired) electrons. The number of ether oxygens (including phenoxy) is 1. The first-order valence-corrected chi connectivity index (χ1v) is 7.67. The van der Waals surface area contributed by atoms with Crippen molar-refractivity contribution >= 4 is 11.6 Å². The van der Waals surface area contributed by atoms with E-state index in [1.807, 2.05) is 43.3 Å². The first-order chi connectivity index (χ1) is 11.1. The molecule has 0 spiro atoms. The number of nitrogens with one attached hydrogen (secondary N) is 2. The third-order valence-electron chi connectivity index (χ3n) is 3.77. The Labute approximate surface area is 135 Å². The van der Waals surface area contributed by atoms with Gasteiger partial charge in [-0.3, -0.25) is 4.79 Å². The van der Waals surface area contributed by atoms with E-state index in [4.69, 9.17) is 4.74 Å². The second-order valence-corrected chi connectivity index (χ2v) is 5.78. The molecule has 1 amide bonds. The molecule has 120 valence electrons. The van der Waals surface area contributed by atoms with Crippen molar-refractivity contribution in [3.8, 4) is 11.5 Å². The van der Waals surface area contributed by atoms with Gasteiger partial charge in [0.2, 0.25) is 5.91 Å². The number of carbonyl (C=O) groups excluding carboxylic acids is 1. The molecule has 2 atom stereocenters. The second kappa shape index (κ2) is 6.81. The maximum absolute atomic E-state index is 12.1. The summed E-state index contributed by atoms with van der Waals surface area (Å²) in [6.45, 7) is 2.47. The summed E-state index contributed by atoms with van der Waals surface area (Å²) in [4.78, 5) is 12.1. The molecule has 1 saturated heterocycles. The van der Waals surface area contributed by atoms with Gasteiger partial charge in [0.1, 0.15) is 11.5 Å². The highest BCUT2D eigenvalue weighted by molar-refractivity contribution is 5.95. The number of anilines is 1. The number of amides is 1. The fourth-order valence-corrected chi connectivity index (χ4v) is 2.57. The Morgan fingerprint density at radius 2 is 2.00 bits per heavy atom. The average molecular weight is 312 g/mol. The molecule has 0 aromatic heterocycles. The van der Waals surface area contributed by atoms with E-state index < -0.39 is 6.10 Å². The SMILES string of the molecule is Cc1cccc(Oc2ccc(NC(=O)C3CC(O)CN3)cc2)c1. The van der Waals surface area contributed by atoms with Gasteiger partial charge in [-0.05, 0) is 55.3 Å². The Hall–Kier alpha value is -2.37. The minimum atomic E-state index is -0.448. The van der Waals surface area contributed by atoms with Gasteiger partial charge in [-0.2, -0.15) is 0 Å². The molecule has 3 N–H and O–H groups in total. The maximum atomic E-state index is 12.1. The highest BCUT2D eigenvalue weighted by atomic mass is 16.5. The van der Waals surface area contributed by atoms with Crippen LogP contribution < -0.4 is 15.4 Å². The van der Waals surface area contributed by atoms with Crippen molar-refractivity contribution < 1.29 is 14.6 Å². The molecule has 1 aliphatic rings. The molecular formula is C18H20N2O3. The average Bonchev–Trinajstić information content (AvgIpc) is 2.96. The van der Waals surface area contributed by atoms with Crippen LogP contribution in [0, 0.1) is 6.92 Å². The van der Waals surface area contributed by atoms with Gasteiger partial charge < -0.3 is 20.5 Å². The van der Waals surface area contributed by atoms with E-state index in [9.17, 15) is 9.90 Å². The summed E-state index contributed by atoms with van der Waals surface area (Å²) in [5, 5.41) is 15.3. The number of aliphatic hydroxyl groups excluding tert-OH is 1. The Morgan fingerprint density at radius 1 is 1.22 bits per heavy atom. The van der Waals surface area contributed by atoms with Crippen LogP contribution in [-0.2, 0) is 4.79 Å². The lowest BCUT2D eigenvalue weighted by Gasteiger charge is -2.12. The Balaban J connectivity index is 1.59. The van der Waals surface area contributed by atoms with Crippen LogP contribution in [0.5, 0.6) is 11.5 Å². The van der Waals surface area contributed by atoms with E-state index in [1.54, 1.807) is 12.1 Å². The number of hydrogen-bond acceptors (Lipinski definition) is 4. The summed E-state index contributed by atoms with van der Waals surface area (Å²) < 4.78 is 5.77. The summed E-state index contributed by atoms with van der Waals surface area (Å²) >= 11 is 0. The van der Waals surface area contributed by atoms with Crippen LogP contribution in [0.15, 0.2) is 48.5 Å². The van der Waals surface area contributed by atoms with Gasteiger partial charge in [0.05, 0.1) is 12.1 Å². The van der Waals surface area contributed by atoms with E-state index in [1.165, 1.54) is 0 Å². The molecule has 1 heterocycles. The Morgan fingerprint density at radius 3 is 2.65 bits per heavy atom. The molecule has 23 heavy (non-hydrogen) atoms. The van der Waals surface area contributed by atoms with Crippen LogP contribution in [0.3, 0.4) is 0 Å². The lowest BCUT2D eigenvalue weighted by Crippen LogP contribution is -2.35. The first-order valence-electron chi connectivity index (χ1n) is 7.67. The van der Waals surface area contributed by atoms with Crippen molar-refractivity contribution in [3.63, 3.8) is 0 Å². The van der Waals surface area contributed by atoms with E-state index >= 15 is 0 Å². The number of rotatable bonds is 4. The van der Waals surface area contributed by atoms with Gasteiger partial charge >= 0.3 is 0 Å². The van der Waals surface area contributed by atoms with Crippen molar-refractivity contribution in [2.45, 2.75) is 25.5 Å². The molecule has 0 aliphatic carbocycles. The van der Waals surface area contributed by atoms with E-state index in [0.29, 0.717) is 24.4 Å². The van der Waals surface area contributed by atoms with Crippen LogP contribution in [-0.4, -0.2) is 29.7 Å². The van der Waals surface area contributed by atoms with Crippen LogP contribution in [0.1, 0.15) is 12.0 Å². The largest absolute Gasteiger partial charge is 0.457 e. The zero-order chi connectivity index (χ0) is 16.2. The van der Waals surface area contributed by atoms with Gasteiger partial charge in [0, 0.05) is 12.2 Å². The number of hydrogen-bond donors (Lipinski definition) is 3. The molecule has 0 bridgehead atoms. The molecule has 1 aliphatic heterocycles. The lowest BCUT2D eigenvalue weighted by atomic mass is 10.2. The third kappa shape index (κ3) is 4.09. The molecule has 3 rings (SSSR count). The fraction of sp³-hybridized carbons (Fsp3) is 0.278. The zero-order valence-electron chi connectivity index (χ0n) is 13.0. The quantitative estimate of drug-likeness (QED) is 0.811. The molecule has 5 heteroatoms. The van der Waals surface area contributed by atoms with E-state index in [-0.39, 0.29) is 11.9 Å². The maximum Gasteiger partial charge on any atom is 0.241 e.